The molecule has 27 heavy (non-hydrogen) atoms. The zero-order valence-electron chi connectivity index (χ0n) is 15.6. The van der Waals surface area contributed by atoms with Crippen molar-refractivity contribution in [3.8, 4) is 16.9 Å². The third kappa shape index (κ3) is 5.01. The van der Waals surface area contributed by atoms with Crippen molar-refractivity contribution in [3.63, 3.8) is 0 Å². The zero-order chi connectivity index (χ0) is 18.4. The standard InChI is InChI=1S/C21H26N2O3.ClH/c1-25-19-8-6-18(7-9-19)17-4-2-16(3-5-17)14-23-20(24)21(15-22)10-12-26-13-11-21;/h2-9H,10-15,22H2,1H3,(H,23,24);1H. The van der Waals surface area contributed by atoms with Gasteiger partial charge in [-0.05, 0) is 41.7 Å². The predicted octanol–water partition coefficient (Wildman–Crippen LogP) is 3.16. The molecule has 5 nitrogen and oxygen atoms in total. The minimum absolute atomic E-state index is 0. The van der Waals surface area contributed by atoms with E-state index in [2.05, 4.69) is 17.4 Å². The van der Waals surface area contributed by atoms with E-state index in [0.717, 1.165) is 22.4 Å². The largest absolute Gasteiger partial charge is 0.497 e. The Bertz CT molecular complexity index is 726. The first-order valence-corrected chi connectivity index (χ1v) is 8.96. The number of rotatable bonds is 6. The Morgan fingerprint density at radius 1 is 1.07 bits per heavy atom. The van der Waals surface area contributed by atoms with Crippen LogP contribution in [-0.2, 0) is 16.1 Å². The summed E-state index contributed by atoms with van der Waals surface area (Å²) in [6.07, 6.45) is 1.37. The molecule has 0 bridgehead atoms. The van der Waals surface area contributed by atoms with E-state index in [-0.39, 0.29) is 18.3 Å². The molecule has 146 valence electrons. The van der Waals surface area contributed by atoms with E-state index in [1.165, 1.54) is 0 Å². The van der Waals surface area contributed by atoms with Crippen molar-refractivity contribution in [2.75, 3.05) is 26.9 Å². The first kappa shape index (κ1) is 21.2. The molecule has 1 heterocycles. The number of carbonyl (C=O) groups excluding carboxylic acids is 1. The second-order valence-corrected chi connectivity index (χ2v) is 6.70. The Kier molecular flexibility index (Phi) is 7.66. The molecule has 3 N–H and O–H groups in total. The van der Waals surface area contributed by atoms with Crippen LogP contribution in [0.3, 0.4) is 0 Å². The molecular formula is C21H27ClN2O3. The predicted molar refractivity (Wildman–Crippen MR) is 109 cm³/mol. The topological polar surface area (TPSA) is 73.6 Å². The van der Waals surface area contributed by atoms with Crippen LogP contribution in [0.1, 0.15) is 18.4 Å². The van der Waals surface area contributed by atoms with E-state index in [1.807, 2.05) is 36.4 Å². The van der Waals surface area contributed by atoms with Crippen molar-refractivity contribution >= 4 is 18.3 Å². The minimum atomic E-state index is -0.485. The highest BCUT2D eigenvalue weighted by atomic mass is 35.5. The summed E-state index contributed by atoms with van der Waals surface area (Å²) in [5, 5.41) is 3.04. The molecule has 1 fully saturated rings. The molecule has 0 aromatic heterocycles. The quantitative estimate of drug-likeness (QED) is 0.794. The van der Waals surface area contributed by atoms with Crippen molar-refractivity contribution < 1.29 is 14.3 Å². The number of carbonyl (C=O) groups is 1. The lowest BCUT2D eigenvalue weighted by atomic mass is 9.79. The van der Waals surface area contributed by atoms with Crippen LogP contribution in [0.4, 0.5) is 0 Å². The number of hydrogen-bond acceptors (Lipinski definition) is 4. The van der Waals surface area contributed by atoms with E-state index in [4.69, 9.17) is 15.2 Å². The fourth-order valence-corrected chi connectivity index (χ4v) is 3.25. The lowest BCUT2D eigenvalue weighted by Gasteiger charge is -2.34. The molecular weight excluding hydrogens is 364 g/mol. The molecule has 0 spiro atoms. The number of nitrogens with one attached hydrogen (secondary N) is 1. The lowest BCUT2D eigenvalue weighted by molar-refractivity contribution is -0.136. The highest BCUT2D eigenvalue weighted by Gasteiger charge is 2.38. The Hall–Kier alpha value is -2.08. The van der Waals surface area contributed by atoms with E-state index >= 15 is 0 Å². The van der Waals surface area contributed by atoms with Gasteiger partial charge in [0.05, 0.1) is 12.5 Å². The van der Waals surface area contributed by atoms with Gasteiger partial charge >= 0.3 is 0 Å². The van der Waals surface area contributed by atoms with Crippen molar-refractivity contribution in [1.82, 2.24) is 5.32 Å². The molecule has 1 aliphatic heterocycles. The van der Waals surface area contributed by atoms with Crippen LogP contribution in [0.5, 0.6) is 5.75 Å². The highest BCUT2D eigenvalue weighted by Crippen LogP contribution is 2.29. The maximum atomic E-state index is 12.6. The normalized spacial score (nSPS) is 15.5. The van der Waals surface area contributed by atoms with Gasteiger partial charge in [-0.1, -0.05) is 36.4 Å². The van der Waals surface area contributed by atoms with Crippen LogP contribution >= 0.6 is 12.4 Å². The molecule has 1 amide bonds. The van der Waals surface area contributed by atoms with Crippen LogP contribution in [0.2, 0.25) is 0 Å². The number of hydrogen-bond donors (Lipinski definition) is 2. The third-order valence-corrected chi connectivity index (χ3v) is 5.15. The zero-order valence-corrected chi connectivity index (χ0v) is 16.4. The van der Waals surface area contributed by atoms with Gasteiger partial charge in [-0.2, -0.15) is 0 Å². The fraction of sp³-hybridized carbons (Fsp3) is 0.381. The van der Waals surface area contributed by atoms with Gasteiger partial charge < -0.3 is 20.5 Å². The molecule has 0 saturated carbocycles. The molecule has 0 atom stereocenters. The van der Waals surface area contributed by atoms with E-state index in [1.54, 1.807) is 7.11 Å². The third-order valence-electron chi connectivity index (χ3n) is 5.15. The maximum Gasteiger partial charge on any atom is 0.227 e. The number of halogens is 1. The first-order valence-electron chi connectivity index (χ1n) is 8.96. The fourth-order valence-electron chi connectivity index (χ4n) is 3.25. The van der Waals surface area contributed by atoms with Crippen LogP contribution in [0, 0.1) is 5.41 Å². The van der Waals surface area contributed by atoms with Gasteiger partial charge in [0.1, 0.15) is 5.75 Å². The number of nitrogens with two attached hydrogens (primary N) is 1. The summed E-state index contributed by atoms with van der Waals surface area (Å²) in [5.41, 5.74) is 8.73. The maximum absolute atomic E-state index is 12.6. The SMILES string of the molecule is COc1ccc(-c2ccc(CNC(=O)C3(CN)CCOCC3)cc2)cc1.Cl. The Balaban J connectivity index is 0.00000261. The van der Waals surface area contributed by atoms with Crippen molar-refractivity contribution in [3.05, 3.63) is 54.1 Å². The molecule has 1 aliphatic rings. The summed E-state index contributed by atoms with van der Waals surface area (Å²) >= 11 is 0. The molecule has 2 aromatic carbocycles. The lowest BCUT2D eigenvalue weighted by Crippen LogP contribution is -2.48. The molecule has 0 unspecified atom stereocenters. The highest BCUT2D eigenvalue weighted by molar-refractivity contribution is 5.85. The summed E-state index contributed by atoms with van der Waals surface area (Å²) in [6.45, 7) is 2.06. The Labute approximate surface area is 166 Å². The van der Waals surface area contributed by atoms with E-state index < -0.39 is 5.41 Å². The summed E-state index contributed by atoms with van der Waals surface area (Å²) < 4.78 is 10.6. The molecule has 2 aromatic rings. The van der Waals surface area contributed by atoms with Crippen molar-refractivity contribution in [2.24, 2.45) is 11.1 Å². The van der Waals surface area contributed by atoms with Crippen LogP contribution in [0.25, 0.3) is 11.1 Å². The van der Waals surface area contributed by atoms with Gasteiger partial charge in [0.15, 0.2) is 0 Å². The second-order valence-electron chi connectivity index (χ2n) is 6.70. The summed E-state index contributed by atoms with van der Waals surface area (Å²) in [6, 6.07) is 16.2. The average Bonchev–Trinajstić information content (AvgIpc) is 2.73. The monoisotopic (exact) mass is 390 g/mol. The van der Waals surface area contributed by atoms with Gasteiger partial charge in [-0.3, -0.25) is 4.79 Å². The smallest absolute Gasteiger partial charge is 0.227 e. The molecule has 0 aliphatic carbocycles. The van der Waals surface area contributed by atoms with Crippen LogP contribution < -0.4 is 15.8 Å². The van der Waals surface area contributed by atoms with Crippen molar-refractivity contribution in [1.29, 1.82) is 0 Å². The van der Waals surface area contributed by atoms with Gasteiger partial charge in [0.25, 0.3) is 0 Å². The van der Waals surface area contributed by atoms with E-state index in [9.17, 15) is 4.79 Å². The molecule has 0 radical (unpaired) electrons. The summed E-state index contributed by atoms with van der Waals surface area (Å²) in [5.74, 6) is 0.873. The number of benzene rings is 2. The van der Waals surface area contributed by atoms with E-state index in [0.29, 0.717) is 39.1 Å². The summed E-state index contributed by atoms with van der Waals surface area (Å²) in [7, 11) is 1.66. The second kappa shape index (κ2) is 9.74. The van der Waals surface area contributed by atoms with Gasteiger partial charge in [0, 0.05) is 26.3 Å². The number of amides is 1. The van der Waals surface area contributed by atoms with Gasteiger partial charge in [-0.15, -0.1) is 12.4 Å². The van der Waals surface area contributed by atoms with Crippen molar-refractivity contribution in [2.45, 2.75) is 19.4 Å². The molecule has 1 saturated heterocycles. The molecule has 6 heteroatoms. The van der Waals surface area contributed by atoms with Crippen LogP contribution in [-0.4, -0.2) is 32.8 Å². The van der Waals surface area contributed by atoms with Crippen LogP contribution in [0.15, 0.2) is 48.5 Å². The minimum Gasteiger partial charge on any atom is -0.497 e. The first-order chi connectivity index (χ1) is 12.7. The Morgan fingerprint density at radius 3 is 2.15 bits per heavy atom. The summed E-state index contributed by atoms with van der Waals surface area (Å²) in [4.78, 5) is 12.6. The average molecular weight is 391 g/mol. The number of ether oxygens (including phenoxy) is 2. The number of methoxy groups -OCH3 is 1. The Morgan fingerprint density at radius 2 is 1.63 bits per heavy atom. The van der Waals surface area contributed by atoms with Gasteiger partial charge in [0.2, 0.25) is 5.91 Å². The molecule has 3 rings (SSSR count). The van der Waals surface area contributed by atoms with Gasteiger partial charge in [-0.25, -0.2) is 0 Å².